The Hall–Kier alpha value is 0.190. The van der Waals surface area contributed by atoms with Crippen molar-refractivity contribution in [2.24, 2.45) is 0 Å². The van der Waals surface area contributed by atoms with E-state index in [-0.39, 0.29) is 6.10 Å². The molecule has 2 unspecified atom stereocenters. The number of hydrogen-bond acceptors (Lipinski definition) is 5. The summed E-state index contributed by atoms with van der Waals surface area (Å²) in [5, 5.41) is 9.59. The van der Waals surface area contributed by atoms with Gasteiger partial charge < -0.3 is 19.3 Å². The smallest absolute Gasteiger partial charge is 0.0863 e. The van der Waals surface area contributed by atoms with E-state index < -0.39 is 0 Å². The minimum Gasteiger partial charge on any atom is -0.390 e. The van der Waals surface area contributed by atoms with Gasteiger partial charge in [0.1, 0.15) is 0 Å². The van der Waals surface area contributed by atoms with Crippen molar-refractivity contribution in [1.82, 2.24) is 0 Å². The van der Waals surface area contributed by atoms with Crippen LogP contribution < -0.4 is 0 Å². The van der Waals surface area contributed by atoms with E-state index in [1.165, 1.54) is 6.42 Å². The van der Waals surface area contributed by atoms with Crippen LogP contribution in [0.5, 0.6) is 0 Å². The third kappa shape index (κ3) is 6.70. The largest absolute Gasteiger partial charge is 0.390 e. The van der Waals surface area contributed by atoms with Crippen LogP contribution in [0.2, 0.25) is 0 Å². The summed E-state index contributed by atoms with van der Waals surface area (Å²) in [7, 11) is 1.64. The van der Waals surface area contributed by atoms with Crippen LogP contribution in [0.3, 0.4) is 0 Å². The van der Waals surface area contributed by atoms with Gasteiger partial charge in [0.15, 0.2) is 0 Å². The first-order chi connectivity index (χ1) is 7.83. The van der Waals surface area contributed by atoms with Crippen LogP contribution in [0, 0.1) is 0 Å². The molecule has 1 aliphatic heterocycles. The average molecular weight is 250 g/mol. The number of methoxy groups -OCH3 is 1. The summed E-state index contributed by atoms with van der Waals surface area (Å²) in [6.45, 7) is 2.41. The van der Waals surface area contributed by atoms with Crippen LogP contribution in [-0.4, -0.2) is 62.4 Å². The van der Waals surface area contributed by atoms with E-state index in [0.717, 1.165) is 18.8 Å². The zero-order valence-corrected chi connectivity index (χ0v) is 10.7. The van der Waals surface area contributed by atoms with Crippen molar-refractivity contribution >= 4 is 11.8 Å². The summed E-state index contributed by atoms with van der Waals surface area (Å²) in [5.41, 5.74) is 0. The van der Waals surface area contributed by atoms with Gasteiger partial charge in [0.25, 0.3) is 0 Å². The van der Waals surface area contributed by atoms with Crippen LogP contribution in [0.1, 0.15) is 12.8 Å². The Morgan fingerprint density at radius 2 is 2.38 bits per heavy atom. The quantitative estimate of drug-likeness (QED) is 0.617. The molecule has 1 fully saturated rings. The van der Waals surface area contributed by atoms with E-state index in [9.17, 15) is 5.11 Å². The second-order valence-corrected chi connectivity index (χ2v) is 4.97. The van der Waals surface area contributed by atoms with Gasteiger partial charge in [-0.15, -0.1) is 0 Å². The minimum atomic E-state index is -0.386. The second-order valence-electron chi connectivity index (χ2n) is 3.89. The topological polar surface area (TPSA) is 47.9 Å². The number of aliphatic hydroxyl groups is 1. The fraction of sp³-hybridized carbons (Fsp3) is 1.00. The molecule has 1 aliphatic rings. The van der Waals surface area contributed by atoms with Crippen LogP contribution >= 0.6 is 11.8 Å². The van der Waals surface area contributed by atoms with Crippen molar-refractivity contribution in [3.05, 3.63) is 0 Å². The van der Waals surface area contributed by atoms with Gasteiger partial charge in [0, 0.05) is 25.2 Å². The number of ether oxygens (including phenoxy) is 3. The molecule has 0 radical (unpaired) electrons. The predicted octanol–water partition coefficient (Wildman–Crippen LogP) is 0.923. The summed E-state index contributed by atoms with van der Waals surface area (Å²) < 4.78 is 15.6. The fourth-order valence-corrected chi connectivity index (χ4v) is 2.55. The number of rotatable bonds is 9. The fourth-order valence-electron chi connectivity index (χ4n) is 1.52. The highest BCUT2D eigenvalue weighted by molar-refractivity contribution is 7.99. The van der Waals surface area contributed by atoms with Crippen molar-refractivity contribution in [2.45, 2.75) is 25.0 Å². The lowest BCUT2D eigenvalue weighted by atomic mass is 10.3. The van der Waals surface area contributed by atoms with Crippen molar-refractivity contribution < 1.29 is 19.3 Å². The van der Waals surface area contributed by atoms with Crippen molar-refractivity contribution in [2.75, 3.05) is 45.0 Å². The lowest BCUT2D eigenvalue weighted by Crippen LogP contribution is -2.21. The third-order valence-corrected chi connectivity index (χ3v) is 3.61. The molecular formula is C11H22O4S. The lowest BCUT2D eigenvalue weighted by molar-refractivity contribution is 0.0218. The van der Waals surface area contributed by atoms with Gasteiger partial charge in [-0.05, 0) is 12.8 Å². The van der Waals surface area contributed by atoms with Crippen LogP contribution in [-0.2, 0) is 14.2 Å². The van der Waals surface area contributed by atoms with Gasteiger partial charge in [-0.3, -0.25) is 0 Å². The highest BCUT2D eigenvalue weighted by Crippen LogP contribution is 2.17. The Labute approximate surface area is 102 Å². The van der Waals surface area contributed by atoms with Gasteiger partial charge in [0.05, 0.1) is 32.0 Å². The molecule has 1 heterocycles. The summed E-state index contributed by atoms with van der Waals surface area (Å²) >= 11 is 1.74. The van der Waals surface area contributed by atoms with Crippen LogP contribution in [0.4, 0.5) is 0 Å². The Morgan fingerprint density at radius 1 is 1.50 bits per heavy atom. The molecule has 16 heavy (non-hydrogen) atoms. The van der Waals surface area contributed by atoms with Gasteiger partial charge in [-0.2, -0.15) is 11.8 Å². The Morgan fingerprint density at radius 3 is 3.06 bits per heavy atom. The molecule has 5 heteroatoms. The molecule has 4 nitrogen and oxygen atoms in total. The Kier molecular flexibility index (Phi) is 8.23. The molecule has 0 aromatic carbocycles. The molecule has 1 N–H and O–H groups in total. The van der Waals surface area contributed by atoms with E-state index in [0.29, 0.717) is 31.7 Å². The third-order valence-electron chi connectivity index (χ3n) is 2.38. The SMILES string of the molecule is COCCOCC(O)CSCC1CCCO1. The Bertz CT molecular complexity index is 162. The van der Waals surface area contributed by atoms with Crippen molar-refractivity contribution in [3.8, 4) is 0 Å². The molecule has 0 saturated carbocycles. The molecule has 1 saturated heterocycles. The first kappa shape index (κ1) is 14.3. The zero-order valence-electron chi connectivity index (χ0n) is 9.89. The minimum absolute atomic E-state index is 0.386. The first-order valence-electron chi connectivity index (χ1n) is 5.77. The molecule has 2 atom stereocenters. The molecule has 0 aromatic rings. The predicted molar refractivity (Wildman–Crippen MR) is 65.0 cm³/mol. The Balaban J connectivity index is 1.87. The van der Waals surface area contributed by atoms with E-state index >= 15 is 0 Å². The first-order valence-corrected chi connectivity index (χ1v) is 6.92. The molecule has 0 bridgehead atoms. The molecular weight excluding hydrogens is 228 g/mol. The van der Waals surface area contributed by atoms with Crippen molar-refractivity contribution in [1.29, 1.82) is 0 Å². The van der Waals surface area contributed by atoms with E-state index in [1.54, 1.807) is 18.9 Å². The van der Waals surface area contributed by atoms with Gasteiger partial charge in [-0.1, -0.05) is 0 Å². The molecule has 0 aliphatic carbocycles. The molecule has 0 aromatic heterocycles. The number of aliphatic hydroxyl groups excluding tert-OH is 1. The van der Waals surface area contributed by atoms with E-state index in [4.69, 9.17) is 14.2 Å². The van der Waals surface area contributed by atoms with Gasteiger partial charge in [-0.25, -0.2) is 0 Å². The number of thioether (sulfide) groups is 1. The standard InChI is InChI=1S/C11H22O4S/c1-13-5-6-14-7-10(12)8-16-9-11-3-2-4-15-11/h10-12H,2-9H2,1H3. The average Bonchev–Trinajstić information content (AvgIpc) is 2.77. The monoisotopic (exact) mass is 250 g/mol. The normalized spacial score (nSPS) is 22.5. The van der Waals surface area contributed by atoms with E-state index in [2.05, 4.69) is 0 Å². The number of hydrogen-bond donors (Lipinski definition) is 1. The molecule has 0 amide bonds. The molecule has 96 valence electrons. The maximum atomic E-state index is 9.59. The summed E-state index contributed by atoms with van der Waals surface area (Å²) in [6, 6.07) is 0. The highest BCUT2D eigenvalue weighted by atomic mass is 32.2. The van der Waals surface area contributed by atoms with E-state index in [1.807, 2.05) is 0 Å². The van der Waals surface area contributed by atoms with Crippen LogP contribution in [0.25, 0.3) is 0 Å². The van der Waals surface area contributed by atoms with Crippen LogP contribution in [0.15, 0.2) is 0 Å². The van der Waals surface area contributed by atoms with Gasteiger partial charge in [0.2, 0.25) is 0 Å². The lowest BCUT2D eigenvalue weighted by Gasteiger charge is -2.12. The maximum absolute atomic E-state index is 9.59. The molecule has 0 spiro atoms. The summed E-state index contributed by atoms with van der Waals surface area (Å²) in [4.78, 5) is 0. The maximum Gasteiger partial charge on any atom is 0.0863 e. The molecule has 1 rings (SSSR count). The second kappa shape index (κ2) is 9.24. The van der Waals surface area contributed by atoms with Gasteiger partial charge >= 0.3 is 0 Å². The zero-order chi connectivity index (χ0) is 11.6. The highest BCUT2D eigenvalue weighted by Gasteiger charge is 2.15. The summed E-state index contributed by atoms with van der Waals surface area (Å²) in [5.74, 6) is 1.70. The van der Waals surface area contributed by atoms with Crippen molar-refractivity contribution in [3.63, 3.8) is 0 Å². The summed E-state index contributed by atoms with van der Waals surface area (Å²) in [6.07, 6.45) is 2.34.